The van der Waals surface area contributed by atoms with E-state index in [9.17, 15) is 14.4 Å². The van der Waals surface area contributed by atoms with Crippen LogP contribution in [0.3, 0.4) is 0 Å². The van der Waals surface area contributed by atoms with E-state index in [4.69, 9.17) is 4.42 Å². The zero-order valence-electron chi connectivity index (χ0n) is 17.3. The highest BCUT2D eigenvalue weighted by molar-refractivity contribution is 8.16. The SMILES string of the molecule is Cc1oc(-c2ccccc2)nc1CCC(=O)c1ccc(C[C@@]2(C)SC(=O)NC2=O)cc1. The summed E-state index contributed by atoms with van der Waals surface area (Å²) in [5.74, 6) is 1.02. The summed E-state index contributed by atoms with van der Waals surface area (Å²) in [7, 11) is 0. The van der Waals surface area contributed by atoms with Crippen LogP contribution in [0.15, 0.2) is 59.0 Å². The van der Waals surface area contributed by atoms with E-state index in [0.29, 0.717) is 30.7 Å². The normalized spacial score (nSPS) is 18.3. The first-order valence-electron chi connectivity index (χ1n) is 10.0. The molecule has 0 unspecified atom stereocenters. The Kier molecular flexibility index (Phi) is 5.78. The van der Waals surface area contributed by atoms with Crippen molar-refractivity contribution in [1.82, 2.24) is 10.3 Å². The molecule has 4 rings (SSSR count). The number of thioether (sulfide) groups is 1. The molecule has 7 heteroatoms. The number of carbonyl (C=O) groups excluding carboxylic acids is 3. The van der Waals surface area contributed by atoms with Gasteiger partial charge in [-0.05, 0) is 49.7 Å². The topological polar surface area (TPSA) is 89.3 Å². The number of Topliss-reactive ketones (excluding diaryl/α,β-unsaturated/α-hetero) is 1. The number of ketones is 1. The van der Waals surface area contributed by atoms with Gasteiger partial charge in [0.2, 0.25) is 11.8 Å². The molecule has 1 atom stereocenters. The lowest BCUT2D eigenvalue weighted by Gasteiger charge is -2.18. The van der Waals surface area contributed by atoms with Crippen molar-refractivity contribution in [2.75, 3.05) is 0 Å². The molecule has 0 bridgehead atoms. The van der Waals surface area contributed by atoms with Crippen LogP contribution in [0.5, 0.6) is 0 Å². The highest BCUT2D eigenvalue weighted by Crippen LogP contribution is 2.34. The predicted molar refractivity (Wildman–Crippen MR) is 119 cm³/mol. The number of oxazole rings is 1. The van der Waals surface area contributed by atoms with Gasteiger partial charge in [-0.1, -0.05) is 42.5 Å². The second kappa shape index (κ2) is 8.51. The summed E-state index contributed by atoms with van der Waals surface area (Å²) < 4.78 is 4.95. The number of imide groups is 1. The van der Waals surface area contributed by atoms with E-state index < -0.39 is 4.75 Å². The van der Waals surface area contributed by atoms with Crippen LogP contribution < -0.4 is 5.32 Å². The van der Waals surface area contributed by atoms with Crippen LogP contribution >= 0.6 is 11.8 Å². The Bertz CT molecular complexity index is 1140. The van der Waals surface area contributed by atoms with Gasteiger partial charge in [0.15, 0.2) is 5.78 Å². The molecule has 1 aliphatic rings. The lowest BCUT2D eigenvalue weighted by atomic mass is 9.97. The maximum Gasteiger partial charge on any atom is 0.286 e. The van der Waals surface area contributed by atoms with Gasteiger partial charge < -0.3 is 4.42 Å². The third-order valence-corrected chi connectivity index (χ3v) is 6.40. The number of hydrogen-bond donors (Lipinski definition) is 1. The lowest BCUT2D eigenvalue weighted by molar-refractivity contribution is -0.121. The van der Waals surface area contributed by atoms with Crippen LogP contribution in [0.25, 0.3) is 11.5 Å². The summed E-state index contributed by atoms with van der Waals surface area (Å²) >= 11 is 1.01. The minimum Gasteiger partial charge on any atom is -0.441 e. The van der Waals surface area contributed by atoms with Crippen LogP contribution in [-0.4, -0.2) is 26.7 Å². The van der Waals surface area contributed by atoms with Crippen molar-refractivity contribution in [1.29, 1.82) is 0 Å². The number of benzene rings is 2. The minimum atomic E-state index is -0.816. The first-order valence-corrected chi connectivity index (χ1v) is 10.8. The predicted octanol–water partition coefficient (Wildman–Crippen LogP) is 4.75. The average Bonchev–Trinajstić information content (AvgIpc) is 3.25. The van der Waals surface area contributed by atoms with Crippen LogP contribution in [0.1, 0.15) is 40.7 Å². The molecule has 31 heavy (non-hydrogen) atoms. The van der Waals surface area contributed by atoms with Crippen molar-refractivity contribution < 1.29 is 18.8 Å². The number of aromatic nitrogens is 1. The number of carbonyl (C=O) groups is 3. The molecule has 0 radical (unpaired) electrons. The first kappa shape index (κ1) is 21.1. The van der Waals surface area contributed by atoms with Gasteiger partial charge in [0.05, 0.1) is 5.69 Å². The zero-order chi connectivity index (χ0) is 22.0. The van der Waals surface area contributed by atoms with Gasteiger partial charge in [0, 0.05) is 24.0 Å². The van der Waals surface area contributed by atoms with Crippen molar-refractivity contribution in [2.24, 2.45) is 0 Å². The molecule has 1 aromatic heterocycles. The average molecular weight is 435 g/mol. The van der Waals surface area contributed by atoms with Crippen LogP contribution in [-0.2, 0) is 17.6 Å². The fourth-order valence-electron chi connectivity index (χ4n) is 3.56. The Morgan fingerprint density at radius 1 is 1.10 bits per heavy atom. The fraction of sp³-hybridized carbons (Fsp3) is 0.250. The molecule has 0 spiro atoms. The molecule has 1 fully saturated rings. The lowest BCUT2D eigenvalue weighted by Crippen LogP contribution is -2.35. The van der Waals surface area contributed by atoms with Gasteiger partial charge in [-0.2, -0.15) is 0 Å². The van der Waals surface area contributed by atoms with E-state index in [0.717, 1.165) is 34.3 Å². The van der Waals surface area contributed by atoms with Crippen molar-refractivity contribution in [2.45, 2.75) is 37.9 Å². The summed E-state index contributed by atoms with van der Waals surface area (Å²) in [4.78, 5) is 40.7. The van der Waals surface area contributed by atoms with Crippen molar-refractivity contribution >= 4 is 28.7 Å². The molecule has 158 valence electrons. The summed E-state index contributed by atoms with van der Waals surface area (Å²) in [6, 6.07) is 16.9. The summed E-state index contributed by atoms with van der Waals surface area (Å²) in [6.45, 7) is 3.61. The van der Waals surface area contributed by atoms with Gasteiger partial charge in [0.25, 0.3) is 5.24 Å². The molecule has 6 nitrogen and oxygen atoms in total. The van der Waals surface area contributed by atoms with E-state index in [2.05, 4.69) is 10.3 Å². The molecule has 2 aromatic carbocycles. The molecular formula is C24H22N2O4S. The summed E-state index contributed by atoms with van der Waals surface area (Å²) in [5.41, 5.74) is 3.20. The Morgan fingerprint density at radius 2 is 1.81 bits per heavy atom. The van der Waals surface area contributed by atoms with E-state index in [1.165, 1.54) is 0 Å². The molecular weight excluding hydrogens is 412 g/mol. The molecule has 3 aromatic rings. The highest BCUT2D eigenvalue weighted by atomic mass is 32.2. The van der Waals surface area contributed by atoms with Gasteiger partial charge >= 0.3 is 0 Å². The van der Waals surface area contributed by atoms with E-state index in [1.807, 2.05) is 49.4 Å². The molecule has 2 heterocycles. The second-order valence-corrected chi connectivity index (χ2v) is 9.24. The standard InChI is InChI=1S/C24H22N2O4S/c1-15-19(25-21(30-15)18-6-4-3-5-7-18)12-13-20(27)17-10-8-16(9-11-17)14-24(2)22(28)26-23(29)31-24/h3-11H,12-14H2,1-2H3,(H,26,28,29)/t24-/m1/s1. The number of nitrogens with one attached hydrogen (secondary N) is 1. The van der Waals surface area contributed by atoms with Crippen molar-refractivity contribution in [3.8, 4) is 11.5 Å². The maximum absolute atomic E-state index is 12.6. The number of amides is 2. The van der Waals surface area contributed by atoms with E-state index in [1.54, 1.807) is 19.1 Å². The number of rotatable bonds is 7. The molecule has 2 amide bonds. The number of hydrogen-bond acceptors (Lipinski definition) is 6. The Balaban J connectivity index is 1.38. The van der Waals surface area contributed by atoms with Gasteiger partial charge in [0.1, 0.15) is 10.5 Å². The Morgan fingerprint density at radius 3 is 2.45 bits per heavy atom. The first-order chi connectivity index (χ1) is 14.8. The number of aryl methyl sites for hydroxylation is 2. The zero-order valence-corrected chi connectivity index (χ0v) is 18.1. The largest absolute Gasteiger partial charge is 0.441 e. The highest BCUT2D eigenvalue weighted by Gasteiger charge is 2.43. The second-order valence-electron chi connectivity index (χ2n) is 7.76. The van der Waals surface area contributed by atoms with Crippen molar-refractivity contribution in [3.05, 3.63) is 77.2 Å². The monoisotopic (exact) mass is 434 g/mol. The third kappa shape index (κ3) is 4.61. The van der Waals surface area contributed by atoms with Crippen LogP contribution in [0.2, 0.25) is 0 Å². The minimum absolute atomic E-state index is 0.0181. The molecule has 1 saturated heterocycles. The molecule has 1 N–H and O–H groups in total. The Labute approximate surface area is 184 Å². The number of nitrogens with zero attached hydrogens (tertiary/aromatic N) is 1. The van der Waals surface area contributed by atoms with Gasteiger partial charge in [-0.3, -0.25) is 19.7 Å². The summed E-state index contributed by atoms with van der Waals surface area (Å²) in [6.07, 6.45) is 1.25. The fourth-order valence-corrected chi connectivity index (χ4v) is 4.49. The van der Waals surface area contributed by atoms with E-state index in [-0.39, 0.29) is 16.9 Å². The Hall–Kier alpha value is -3.19. The summed E-state index contributed by atoms with van der Waals surface area (Å²) in [5, 5.41) is 2.00. The van der Waals surface area contributed by atoms with Crippen molar-refractivity contribution in [3.63, 3.8) is 0 Å². The molecule has 0 saturated carbocycles. The van der Waals surface area contributed by atoms with Gasteiger partial charge in [-0.15, -0.1) is 0 Å². The van der Waals surface area contributed by atoms with Gasteiger partial charge in [-0.25, -0.2) is 4.98 Å². The quantitative estimate of drug-likeness (QED) is 0.540. The maximum atomic E-state index is 12.6. The van der Waals surface area contributed by atoms with Crippen LogP contribution in [0, 0.1) is 6.92 Å². The third-order valence-electron chi connectivity index (χ3n) is 5.33. The molecule has 0 aliphatic carbocycles. The molecule has 1 aliphatic heterocycles. The van der Waals surface area contributed by atoms with E-state index >= 15 is 0 Å². The smallest absolute Gasteiger partial charge is 0.286 e. The van der Waals surface area contributed by atoms with Crippen LogP contribution in [0.4, 0.5) is 4.79 Å².